The van der Waals surface area contributed by atoms with E-state index in [1.165, 1.54) is 0 Å². The summed E-state index contributed by atoms with van der Waals surface area (Å²) in [5.41, 5.74) is 6.03. The van der Waals surface area contributed by atoms with E-state index in [1.807, 2.05) is 0 Å². The van der Waals surface area contributed by atoms with E-state index in [9.17, 15) is 0 Å². The highest BCUT2D eigenvalue weighted by Crippen LogP contribution is 2.20. The van der Waals surface area contributed by atoms with E-state index in [0.717, 1.165) is 17.3 Å². The molecule has 0 aliphatic rings. The van der Waals surface area contributed by atoms with Gasteiger partial charge >= 0.3 is 0 Å². The van der Waals surface area contributed by atoms with Crippen molar-refractivity contribution in [3.8, 4) is 11.5 Å². The average molecular weight is 269 g/mol. The number of halogens is 1. The van der Waals surface area contributed by atoms with Crippen LogP contribution in [0, 0.1) is 5.41 Å². The zero-order valence-corrected chi connectivity index (χ0v) is 10.3. The molecule has 1 aromatic heterocycles. The Morgan fingerprint density at radius 1 is 1.41 bits per heavy atom. The second kappa shape index (κ2) is 5.20. The molecule has 3 N–H and O–H groups in total. The highest BCUT2D eigenvalue weighted by atomic mass is 35.5. The summed E-state index contributed by atoms with van der Waals surface area (Å²) in [5.74, 6) is 1.36. The summed E-state index contributed by atoms with van der Waals surface area (Å²) in [4.78, 5) is 4.19. The molecule has 0 spiro atoms. The lowest BCUT2D eigenvalue weighted by Crippen LogP contribution is -2.04. The first-order chi connectivity index (χ1) is 8.15. The van der Waals surface area contributed by atoms with Crippen LogP contribution < -0.4 is 5.73 Å². The van der Waals surface area contributed by atoms with Gasteiger partial charge in [0.1, 0.15) is 0 Å². The Kier molecular flexibility index (Phi) is 3.65. The van der Waals surface area contributed by atoms with Gasteiger partial charge in [-0.2, -0.15) is 4.98 Å². The van der Waals surface area contributed by atoms with Gasteiger partial charge in [-0.05, 0) is 24.3 Å². The molecule has 0 saturated carbocycles. The van der Waals surface area contributed by atoms with Gasteiger partial charge < -0.3 is 10.3 Å². The Bertz CT molecular complexity index is 525. The number of hydrogen-bond donors (Lipinski definition) is 2. The van der Waals surface area contributed by atoms with E-state index in [0.29, 0.717) is 22.5 Å². The maximum Gasteiger partial charge on any atom is 0.257 e. The number of aromatic nitrogens is 2. The molecule has 2 rings (SSSR count). The van der Waals surface area contributed by atoms with Crippen LogP contribution in [0.5, 0.6) is 0 Å². The zero-order valence-electron chi connectivity index (χ0n) is 8.68. The van der Waals surface area contributed by atoms with Crippen LogP contribution in [0.15, 0.2) is 28.8 Å². The molecule has 0 atom stereocenters. The molecule has 7 heteroatoms. The number of thioether (sulfide) groups is 1. The molecule has 0 fully saturated rings. The predicted octanol–water partition coefficient (Wildman–Crippen LogP) is 2.52. The number of nitrogens with zero attached hydrogens (tertiary/aromatic N) is 2. The fourth-order valence-corrected chi connectivity index (χ4v) is 1.69. The Hall–Kier alpha value is -1.53. The van der Waals surface area contributed by atoms with Crippen molar-refractivity contribution in [3.05, 3.63) is 35.1 Å². The molecule has 1 aromatic carbocycles. The lowest BCUT2D eigenvalue weighted by atomic mass is 10.2. The Morgan fingerprint density at radius 3 is 2.76 bits per heavy atom. The first-order valence-corrected chi connectivity index (χ1v) is 6.07. The Labute approximate surface area is 107 Å². The van der Waals surface area contributed by atoms with Gasteiger partial charge in [-0.15, -0.1) is 0 Å². The Balaban J connectivity index is 2.12. The van der Waals surface area contributed by atoms with Crippen LogP contribution in [0.1, 0.15) is 5.82 Å². The van der Waals surface area contributed by atoms with Crippen LogP contribution in [-0.4, -0.2) is 15.3 Å². The molecule has 1 heterocycles. The summed E-state index contributed by atoms with van der Waals surface area (Å²) in [7, 11) is 0. The predicted molar refractivity (Wildman–Crippen MR) is 68.0 cm³/mol. The van der Waals surface area contributed by atoms with E-state index in [2.05, 4.69) is 10.1 Å². The van der Waals surface area contributed by atoms with Crippen molar-refractivity contribution >= 4 is 28.5 Å². The third-order valence-electron chi connectivity index (χ3n) is 1.92. The molecule has 0 amide bonds. The van der Waals surface area contributed by atoms with E-state index >= 15 is 0 Å². The summed E-state index contributed by atoms with van der Waals surface area (Å²) in [5, 5.41) is 11.6. The van der Waals surface area contributed by atoms with Crippen molar-refractivity contribution in [1.82, 2.24) is 10.1 Å². The van der Waals surface area contributed by atoms with Gasteiger partial charge in [0.15, 0.2) is 11.0 Å². The van der Waals surface area contributed by atoms with Gasteiger partial charge in [-0.25, -0.2) is 0 Å². The second-order valence-corrected chi connectivity index (χ2v) is 4.63. The van der Waals surface area contributed by atoms with Gasteiger partial charge in [0.05, 0.1) is 5.75 Å². The largest absolute Gasteiger partial charge is 0.379 e. The first-order valence-electron chi connectivity index (χ1n) is 4.70. The molecule has 2 aromatic rings. The highest BCUT2D eigenvalue weighted by Gasteiger charge is 2.08. The van der Waals surface area contributed by atoms with Gasteiger partial charge in [0.2, 0.25) is 0 Å². The minimum Gasteiger partial charge on any atom is -0.379 e. The van der Waals surface area contributed by atoms with Crippen LogP contribution in [0.3, 0.4) is 0 Å². The van der Waals surface area contributed by atoms with Crippen LogP contribution >= 0.6 is 23.4 Å². The quantitative estimate of drug-likeness (QED) is 0.659. The third-order valence-corrected chi connectivity index (χ3v) is 2.88. The monoisotopic (exact) mass is 268 g/mol. The van der Waals surface area contributed by atoms with Crippen molar-refractivity contribution < 1.29 is 4.52 Å². The van der Waals surface area contributed by atoms with Crippen LogP contribution in [0.2, 0.25) is 5.02 Å². The SMILES string of the molecule is N=C(N)SCc1noc(-c2ccc(Cl)cc2)n1. The topological polar surface area (TPSA) is 88.8 Å². The normalized spacial score (nSPS) is 10.4. The third kappa shape index (κ3) is 3.21. The molecule has 0 unspecified atom stereocenters. The van der Waals surface area contributed by atoms with Crippen molar-refractivity contribution in [2.75, 3.05) is 0 Å². The van der Waals surface area contributed by atoms with Gasteiger partial charge in [0, 0.05) is 10.6 Å². The number of nitrogens with two attached hydrogens (primary N) is 1. The van der Waals surface area contributed by atoms with E-state index in [-0.39, 0.29) is 5.17 Å². The molecule has 17 heavy (non-hydrogen) atoms. The zero-order chi connectivity index (χ0) is 12.3. The standard InChI is InChI=1S/C10H9ClN4OS/c11-7-3-1-6(2-4-7)9-14-8(15-16-9)5-17-10(12)13/h1-4H,5H2,(H3,12,13). The average Bonchev–Trinajstić information content (AvgIpc) is 2.76. The molecule has 88 valence electrons. The lowest BCUT2D eigenvalue weighted by Gasteiger charge is -1.93. The maximum absolute atomic E-state index is 7.08. The van der Waals surface area contributed by atoms with Crippen LogP contribution in [-0.2, 0) is 5.75 Å². The summed E-state index contributed by atoms with van der Waals surface area (Å²) < 4.78 is 5.09. The van der Waals surface area contributed by atoms with E-state index < -0.39 is 0 Å². The fourth-order valence-electron chi connectivity index (χ4n) is 1.16. The summed E-state index contributed by atoms with van der Waals surface area (Å²) in [6.07, 6.45) is 0. The van der Waals surface area contributed by atoms with Crippen LogP contribution in [0.4, 0.5) is 0 Å². The number of amidine groups is 1. The van der Waals surface area contributed by atoms with Crippen molar-refractivity contribution in [3.63, 3.8) is 0 Å². The molecular formula is C10H9ClN4OS. The van der Waals surface area contributed by atoms with Crippen molar-refractivity contribution in [2.24, 2.45) is 5.73 Å². The fraction of sp³-hybridized carbons (Fsp3) is 0.100. The van der Waals surface area contributed by atoms with E-state index in [4.69, 9.17) is 27.3 Å². The Morgan fingerprint density at radius 2 is 2.12 bits per heavy atom. The summed E-state index contributed by atoms with van der Waals surface area (Å²) >= 11 is 6.93. The number of benzene rings is 1. The van der Waals surface area contributed by atoms with Gasteiger partial charge in [-0.3, -0.25) is 5.41 Å². The molecule has 5 nitrogen and oxygen atoms in total. The minimum absolute atomic E-state index is 0.0304. The lowest BCUT2D eigenvalue weighted by molar-refractivity contribution is 0.425. The number of nitrogens with one attached hydrogen (secondary N) is 1. The molecule has 0 aliphatic heterocycles. The summed E-state index contributed by atoms with van der Waals surface area (Å²) in [6.45, 7) is 0. The van der Waals surface area contributed by atoms with Crippen molar-refractivity contribution in [1.29, 1.82) is 5.41 Å². The first kappa shape index (κ1) is 11.9. The molecule has 0 aliphatic carbocycles. The second-order valence-electron chi connectivity index (χ2n) is 3.18. The molecular weight excluding hydrogens is 260 g/mol. The van der Waals surface area contributed by atoms with Crippen LogP contribution in [0.25, 0.3) is 11.5 Å². The smallest absolute Gasteiger partial charge is 0.257 e. The number of hydrogen-bond acceptors (Lipinski definition) is 5. The van der Waals surface area contributed by atoms with Crippen molar-refractivity contribution in [2.45, 2.75) is 5.75 Å². The highest BCUT2D eigenvalue weighted by molar-refractivity contribution is 8.12. The van der Waals surface area contributed by atoms with Gasteiger partial charge in [-0.1, -0.05) is 28.5 Å². The van der Waals surface area contributed by atoms with E-state index in [1.54, 1.807) is 24.3 Å². The van der Waals surface area contributed by atoms with Gasteiger partial charge in [0.25, 0.3) is 5.89 Å². The molecule has 0 bridgehead atoms. The maximum atomic E-state index is 7.08. The molecule has 0 saturated heterocycles. The molecule has 0 radical (unpaired) electrons. The minimum atomic E-state index is 0.0304. The number of rotatable bonds is 3. The summed E-state index contributed by atoms with van der Waals surface area (Å²) in [6, 6.07) is 7.12.